The molecule has 30 heavy (non-hydrogen) atoms. The minimum atomic E-state index is -0.0356. The van der Waals surface area contributed by atoms with Gasteiger partial charge in [0, 0.05) is 22.5 Å². The summed E-state index contributed by atoms with van der Waals surface area (Å²) in [6.07, 6.45) is 0. The Balaban J connectivity index is 1.45. The number of para-hydroxylation sites is 4. The number of ketones is 1. The largest absolute Gasteiger partial charge is 0.397 e. The number of nitrogens with two attached hydrogens (primary N) is 2. The van der Waals surface area contributed by atoms with E-state index in [4.69, 9.17) is 11.5 Å². The van der Waals surface area contributed by atoms with E-state index in [9.17, 15) is 4.79 Å². The van der Waals surface area contributed by atoms with Gasteiger partial charge in [-0.15, -0.1) is 0 Å². The van der Waals surface area contributed by atoms with Gasteiger partial charge in [-0.1, -0.05) is 24.3 Å². The van der Waals surface area contributed by atoms with Gasteiger partial charge in [-0.2, -0.15) is 0 Å². The van der Waals surface area contributed by atoms with E-state index in [1.165, 1.54) is 0 Å². The highest BCUT2D eigenvalue weighted by atomic mass is 16.1. The van der Waals surface area contributed by atoms with E-state index in [0.717, 1.165) is 22.7 Å². The zero-order chi connectivity index (χ0) is 20.9. The maximum Gasteiger partial charge on any atom is 0.193 e. The smallest absolute Gasteiger partial charge is 0.193 e. The second kappa shape index (κ2) is 8.41. The molecule has 0 aliphatic heterocycles. The molecule has 4 aromatic rings. The molecule has 4 aromatic carbocycles. The fourth-order valence-electron chi connectivity index (χ4n) is 3.11. The van der Waals surface area contributed by atoms with Gasteiger partial charge in [-0.25, -0.2) is 0 Å². The molecule has 6 N–H and O–H groups in total. The van der Waals surface area contributed by atoms with Crippen LogP contribution in [0.3, 0.4) is 0 Å². The van der Waals surface area contributed by atoms with Crippen LogP contribution >= 0.6 is 0 Å². The lowest BCUT2D eigenvalue weighted by Gasteiger charge is -2.10. The van der Waals surface area contributed by atoms with Crippen LogP contribution in [-0.2, 0) is 0 Å². The first kappa shape index (κ1) is 19.1. The minimum absolute atomic E-state index is 0.0356. The number of nitrogens with one attached hydrogen (secondary N) is 2. The summed E-state index contributed by atoms with van der Waals surface area (Å²) in [5.74, 6) is -0.0356. The molecule has 0 bridgehead atoms. The molecule has 0 unspecified atom stereocenters. The average molecular weight is 394 g/mol. The van der Waals surface area contributed by atoms with Crippen molar-refractivity contribution in [2.45, 2.75) is 0 Å². The predicted octanol–water partition coefficient (Wildman–Crippen LogP) is 5.57. The van der Waals surface area contributed by atoms with E-state index in [-0.39, 0.29) is 5.78 Å². The minimum Gasteiger partial charge on any atom is -0.397 e. The number of nitrogen functional groups attached to an aromatic ring is 2. The predicted molar refractivity (Wildman–Crippen MR) is 125 cm³/mol. The molecule has 5 heteroatoms. The van der Waals surface area contributed by atoms with Crippen LogP contribution in [-0.4, -0.2) is 5.78 Å². The Morgan fingerprint density at radius 1 is 0.533 bits per heavy atom. The summed E-state index contributed by atoms with van der Waals surface area (Å²) >= 11 is 0. The number of hydrogen-bond donors (Lipinski definition) is 4. The van der Waals surface area contributed by atoms with E-state index >= 15 is 0 Å². The fourth-order valence-corrected chi connectivity index (χ4v) is 3.11. The molecule has 0 amide bonds. The Kier molecular flexibility index (Phi) is 5.35. The van der Waals surface area contributed by atoms with Crippen molar-refractivity contribution in [1.82, 2.24) is 0 Å². The van der Waals surface area contributed by atoms with Gasteiger partial charge in [-0.3, -0.25) is 4.79 Å². The number of hydrogen-bond acceptors (Lipinski definition) is 5. The summed E-state index contributed by atoms with van der Waals surface area (Å²) in [7, 11) is 0. The van der Waals surface area contributed by atoms with Crippen LogP contribution in [0.2, 0.25) is 0 Å². The van der Waals surface area contributed by atoms with E-state index in [2.05, 4.69) is 10.6 Å². The Morgan fingerprint density at radius 2 is 0.900 bits per heavy atom. The Bertz CT molecular complexity index is 1080. The summed E-state index contributed by atoms with van der Waals surface area (Å²) in [4.78, 5) is 12.8. The van der Waals surface area contributed by atoms with Crippen LogP contribution in [0.25, 0.3) is 0 Å². The van der Waals surface area contributed by atoms with Gasteiger partial charge >= 0.3 is 0 Å². The molecule has 5 nitrogen and oxygen atoms in total. The molecule has 0 heterocycles. The number of rotatable bonds is 6. The molecule has 0 atom stereocenters. The van der Waals surface area contributed by atoms with Gasteiger partial charge in [0.05, 0.1) is 22.7 Å². The zero-order valence-corrected chi connectivity index (χ0v) is 16.3. The first-order chi connectivity index (χ1) is 14.6. The van der Waals surface area contributed by atoms with Crippen molar-refractivity contribution >= 4 is 39.9 Å². The van der Waals surface area contributed by atoms with E-state index in [0.29, 0.717) is 22.5 Å². The monoisotopic (exact) mass is 394 g/mol. The molecule has 0 spiro atoms. The maximum atomic E-state index is 12.8. The van der Waals surface area contributed by atoms with Crippen LogP contribution in [0.1, 0.15) is 15.9 Å². The molecular weight excluding hydrogens is 372 g/mol. The highest BCUT2D eigenvalue weighted by Crippen LogP contribution is 2.25. The van der Waals surface area contributed by atoms with Crippen molar-refractivity contribution in [3.63, 3.8) is 0 Å². The van der Waals surface area contributed by atoms with Gasteiger partial charge in [-0.05, 0) is 72.8 Å². The summed E-state index contributed by atoms with van der Waals surface area (Å²) in [6.45, 7) is 0. The second-order valence-corrected chi connectivity index (χ2v) is 6.91. The Labute approximate surface area is 175 Å². The number of carbonyl (C=O) groups excluding carboxylic acids is 1. The zero-order valence-electron chi connectivity index (χ0n) is 16.3. The summed E-state index contributed by atoms with van der Waals surface area (Å²) in [5.41, 5.74) is 17.9. The van der Waals surface area contributed by atoms with Gasteiger partial charge in [0.1, 0.15) is 0 Å². The third kappa shape index (κ3) is 4.25. The number of benzene rings is 4. The lowest BCUT2D eigenvalue weighted by Crippen LogP contribution is -2.02. The number of anilines is 6. The quantitative estimate of drug-likeness (QED) is 0.253. The molecule has 0 saturated heterocycles. The first-order valence-corrected chi connectivity index (χ1v) is 9.58. The fraction of sp³-hybridized carbons (Fsp3) is 0. The van der Waals surface area contributed by atoms with E-state index in [1.54, 1.807) is 24.3 Å². The Morgan fingerprint density at radius 3 is 1.27 bits per heavy atom. The molecule has 0 aromatic heterocycles. The standard InChI is InChI=1S/C25H22N4O/c26-21-5-1-3-7-23(21)28-19-13-9-17(10-14-19)25(30)18-11-15-20(16-12-18)29-24-8-4-2-6-22(24)27/h1-16,28-29H,26-27H2. The summed E-state index contributed by atoms with van der Waals surface area (Å²) < 4.78 is 0. The van der Waals surface area contributed by atoms with Crippen LogP contribution in [0.5, 0.6) is 0 Å². The lowest BCUT2D eigenvalue weighted by atomic mass is 10.0. The molecule has 0 aliphatic carbocycles. The second-order valence-electron chi connectivity index (χ2n) is 6.91. The highest BCUT2D eigenvalue weighted by molar-refractivity contribution is 6.09. The van der Waals surface area contributed by atoms with Gasteiger partial charge < -0.3 is 22.1 Å². The van der Waals surface area contributed by atoms with E-state index < -0.39 is 0 Å². The van der Waals surface area contributed by atoms with Crippen LogP contribution in [0, 0.1) is 0 Å². The van der Waals surface area contributed by atoms with Crippen molar-refractivity contribution in [3.05, 3.63) is 108 Å². The molecule has 4 rings (SSSR count). The molecule has 0 fully saturated rings. The number of carbonyl (C=O) groups is 1. The van der Waals surface area contributed by atoms with Gasteiger partial charge in [0.15, 0.2) is 5.78 Å². The lowest BCUT2D eigenvalue weighted by molar-refractivity contribution is 0.103. The van der Waals surface area contributed by atoms with Crippen molar-refractivity contribution < 1.29 is 4.79 Å². The summed E-state index contributed by atoms with van der Waals surface area (Å²) in [5, 5.41) is 6.52. The third-order valence-electron chi connectivity index (χ3n) is 4.77. The van der Waals surface area contributed by atoms with Crippen molar-refractivity contribution in [3.8, 4) is 0 Å². The topological polar surface area (TPSA) is 93.2 Å². The summed E-state index contributed by atoms with van der Waals surface area (Å²) in [6, 6.07) is 29.8. The van der Waals surface area contributed by atoms with Crippen LogP contribution < -0.4 is 22.1 Å². The van der Waals surface area contributed by atoms with E-state index in [1.807, 2.05) is 72.8 Å². The van der Waals surface area contributed by atoms with Gasteiger partial charge in [0.2, 0.25) is 0 Å². The van der Waals surface area contributed by atoms with Gasteiger partial charge in [0.25, 0.3) is 0 Å². The normalized spacial score (nSPS) is 10.4. The first-order valence-electron chi connectivity index (χ1n) is 9.58. The van der Waals surface area contributed by atoms with Crippen molar-refractivity contribution in [1.29, 1.82) is 0 Å². The molecular formula is C25H22N4O. The SMILES string of the molecule is Nc1ccccc1Nc1ccc(C(=O)c2ccc(Nc3ccccc3N)cc2)cc1. The molecule has 0 aliphatic rings. The molecule has 0 saturated carbocycles. The van der Waals surface area contributed by atoms with Crippen molar-refractivity contribution in [2.75, 3.05) is 22.1 Å². The highest BCUT2D eigenvalue weighted by Gasteiger charge is 2.10. The third-order valence-corrected chi connectivity index (χ3v) is 4.77. The Hall–Kier alpha value is -4.25. The molecule has 148 valence electrons. The average Bonchev–Trinajstić information content (AvgIpc) is 2.77. The van der Waals surface area contributed by atoms with Crippen LogP contribution in [0.15, 0.2) is 97.1 Å². The molecule has 0 radical (unpaired) electrons. The van der Waals surface area contributed by atoms with Crippen molar-refractivity contribution in [2.24, 2.45) is 0 Å². The maximum absolute atomic E-state index is 12.8. The van der Waals surface area contributed by atoms with Crippen LogP contribution in [0.4, 0.5) is 34.1 Å².